The first kappa shape index (κ1) is 15.2. The number of hydrogen-bond donors (Lipinski definition) is 2. The lowest BCUT2D eigenvalue weighted by Crippen LogP contribution is -2.46. The van der Waals surface area contributed by atoms with Crippen LogP contribution in [-0.2, 0) is 11.3 Å². The molecule has 1 atom stereocenters. The van der Waals surface area contributed by atoms with E-state index in [0.717, 1.165) is 18.2 Å². The Bertz CT molecular complexity index is 551. The number of rotatable bonds is 3. The van der Waals surface area contributed by atoms with Crippen molar-refractivity contribution in [1.29, 1.82) is 0 Å². The lowest BCUT2D eigenvalue weighted by Gasteiger charge is -2.30. The van der Waals surface area contributed by atoms with E-state index in [2.05, 4.69) is 5.32 Å². The third-order valence-electron chi connectivity index (χ3n) is 3.50. The van der Waals surface area contributed by atoms with E-state index in [9.17, 15) is 18.4 Å². The number of likely N-dealkylation sites (tertiary alicyclic amines) is 1. The summed E-state index contributed by atoms with van der Waals surface area (Å²) in [5, 5.41) is 11.4. The van der Waals surface area contributed by atoms with Crippen molar-refractivity contribution >= 4 is 12.0 Å². The lowest BCUT2D eigenvalue weighted by atomic mass is 9.99. The minimum atomic E-state index is -0.927. The smallest absolute Gasteiger partial charge is 0.317 e. The third-order valence-corrected chi connectivity index (χ3v) is 3.50. The van der Waals surface area contributed by atoms with Gasteiger partial charge in [0.2, 0.25) is 0 Å². The van der Waals surface area contributed by atoms with Gasteiger partial charge in [0.1, 0.15) is 11.6 Å². The fourth-order valence-corrected chi connectivity index (χ4v) is 2.32. The van der Waals surface area contributed by atoms with E-state index in [1.807, 2.05) is 0 Å². The van der Waals surface area contributed by atoms with Crippen molar-refractivity contribution in [3.05, 3.63) is 35.4 Å². The monoisotopic (exact) mass is 298 g/mol. The van der Waals surface area contributed by atoms with Crippen molar-refractivity contribution < 1.29 is 23.5 Å². The van der Waals surface area contributed by atoms with Gasteiger partial charge in [0.05, 0.1) is 5.92 Å². The van der Waals surface area contributed by atoms with E-state index < -0.39 is 29.6 Å². The van der Waals surface area contributed by atoms with Gasteiger partial charge in [-0.25, -0.2) is 13.6 Å². The molecule has 1 saturated heterocycles. The van der Waals surface area contributed by atoms with Crippen LogP contribution >= 0.6 is 0 Å². The van der Waals surface area contributed by atoms with Crippen molar-refractivity contribution in [1.82, 2.24) is 10.2 Å². The van der Waals surface area contributed by atoms with E-state index in [1.165, 1.54) is 4.90 Å². The molecule has 1 aliphatic heterocycles. The molecule has 0 saturated carbocycles. The molecule has 7 heteroatoms. The first-order valence-electron chi connectivity index (χ1n) is 6.67. The molecular formula is C14H16F2N2O3. The molecule has 1 heterocycles. The molecule has 1 fully saturated rings. The predicted molar refractivity (Wildman–Crippen MR) is 70.5 cm³/mol. The van der Waals surface area contributed by atoms with Crippen molar-refractivity contribution in [2.45, 2.75) is 19.4 Å². The number of piperidine rings is 1. The molecule has 0 radical (unpaired) electrons. The zero-order valence-corrected chi connectivity index (χ0v) is 11.3. The number of carboxylic acids is 1. The van der Waals surface area contributed by atoms with Crippen LogP contribution in [0.25, 0.3) is 0 Å². The van der Waals surface area contributed by atoms with Crippen LogP contribution in [0, 0.1) is 17.6 Å². The Kier molecular flexibility index (Phi) is 4.72. The molecule has 2 rings (SSSR count). The Hall–Kier alpha value is -2.18. The zero-order chi connectivity index (χ0) is 15.4. The second-order valence-electron chi connectivity index (χ2n) is 5.02. The highest BCUT2D eigenvalue weighted by Gasteiger charge is 2.28. The zero-order valence-electron chi connectivity index (χ0n) is 11.3. The molecule has 1 unspecified atom stereocenters. The summed E-state index contributed by atoms with van der Waals surface area (Å²) in [5.41, 5.74) is 0.0511. The number of benzene rings is 1. The number of amides is 2. The summed E-state index contributed by atoms with van der Waals surface area (Å²) >= 11 is 0. The number of aliphatic carboxylic acids is 1. The van der Waals surface area contributed by atoms with E-state index in [1.54, 1.807) is 0 Å². The SMILES string of the molecule is O=C(O)C1CCCN(C(=O)NCc2cc(F)ccc2F)C1. The number of hydrogen-bond acceptors (Lipinski definition) is 2. The summed E-state index contributed by atoms with van der Waals surface area (Å²) in [5.74, 6) is -2.68. The Balaban J connectivity index is 1.92. The van der Waals surface area contributed by atoms with E-state index in [4.69, 9.17) is 5.11 Å². The molecule has 0 aromatic heterocycles. The van der Waals surface area contributed by atoms with Gasteiger partial charge in [-0.3, -0.25) is 4.79 Å². The van der Waals surface area contributed by atoms with Crippen LogP contribution in [0.1, 0.15) is 18.4 Å². The van der Waals surface area contributed by atoms with Crippen molar-refractivity contribution in [3.8, 4) is 0 Å². The summed E-state index contributed by atoms with van der Waals surface area (Å²) in [6, 6.07) is 2.55. The summed E-state index contributed by atoms with van der Waals surface area (Å²) in [7, 11) is 0. The average Bonchev–Trinajstić information content (AvgIpc) is 2.48. The van der Waals surface area contributed by atoms with Crippen LogP contribution in [0.5, 0.6) is 0 Å². The van der Waals surface area contributed by atoms with Gasteiger partial charge >= 0.3 is 12.0 Å². The Morgan fingerprint density at radius 3 is 2.86 bits per heavy atom. The van der Waals surface area contributed by atoms with Crippen LogP contribution < -0.4 is 5.32 Å². The number of carbonyl (C=O) groups is 2. The Labute approximate surface area is 120 Å². The number of halogens is 2. The minimum absolute atomic E-state index is 0.0511. The number of carbonyl (C=O) groups excluding carboxylic acids is 1. The van der Waals surface area contributed by atoms with Crippen molar-refractivity contribution in [3.63, 3.8) is 0 Å². The summed E-state index contributed by atoms with van der Waals surface area (Å²) in [6.07, 6.45) is 1.15. The quantitative estimate of drug-likeness (QED) is 0.896. The number of urea groups is 1. The van der Waals surface area contributed by atoms with Crippen molar-refractivity contribution in [2.75, 3.05) is 13.1 Å². The standard InChI is InChI=1S/C14H16F2N2O3/c15-11-3-4-12(16)10(6-11)7-17-14(21)18-5-1-2-9(8-18)13(19)20/h3-4,6,9H,1-2,5,7-8H2,(H,17,21)(H,19,20). The maximum absolute atomic E-state index is 13.4. The van der Waals surface area contributed by atoms with Gasteiger partial charge in [-0.2, -0.15) is 0 Å². The highest BCUT2D eigenvalue weighted by atomic mass is 19.1. The van der Waals surface area contributed by atoms with Gasteiger partial charge in [0.15, 0.2) is 0 Å². The average molecular weight is 298 g/mol. The molecule has 0 spiro atoms. The molecule has 114 valence electrons. The number of nitrogens with zero attached hydrogens (tertiary/aromatic N) is 1. The van der Waals surface area contributed by atoms with E-state index in [-0.39, 0.29) is 18.7 Å². The second-order valence-corrected chi connectivity index (χ2v) is 5.02. The predicted octanol–water partition coefficient (Wildman–Crippen LogP) is 1.97. The molecule has 2 N–H and O–H groups in total. The van der Waals surface area contributed by atoms with Gasteiger partial charge in [0.25, 0.3) is 0 Å². The summed E-state index contributed by atoms with van der Waals surface area (Å²) in [6.45, 7) is 0.449. The van der Waals surface area contributed by atoms with E-state index >= 15 is 0 Å². The Morgan fingerprint density at radius 1 is 1.38 bits per heavy atom. The van der Waals surface area contributed by atoms with E-state index in [0.29, 0.717) is 19.4 Å². The molecule has 5 nitrogen and oxygen atoms in total. The molecule has 21 heavy (non-hydrogen) atoms. The molecule has 0 bridgehead atoms. The number of carboxylic acid groups (broad SMARTS) is 1. The largest absolute Gasteiger partial charge is 0.481 e. The topological polar surface area (TPSA) is 69.6 Å². The first-order chi connectivity index (χ1) is 9.97. The van der Waals surface area contributed by atoms with Gasteiger partial charge < -0.3 is 15.3 Å². The van der Waals surface area contributed by atoms with Crippen LogP contribution in [-0.4, -0.2) is 35.1 Å². The maximum Gasteiger partial charge on any atom is 0.317 e. The molecular weight excluding hydrogens is 282 g/mol. The minimum Gasteiger partial charge on any atom is -0.481 e. The summed E-state index contributed by atoms with van der Waals surface area (Å²) < 4.78 is 26.4. The fourth-order valence-electron chi connectivity index (χ4n) is 2.32. The van der Waals surface area contributed by atoms with Gasteiger partial charge in [-0.15, -0.1) is 0 Å². The first-order valence-corrected chi connectivity index (χ1v) is 6.67. The molecule has 1 aromatic carbocycles. The Morgan fingerprint density at radius 2 is 2.14 bits per heavy atom. The van der Waals surface area contributed by atoms with Crippen molar-refractivity contribution in [2.24, 2.45) is 5.92 Å². The molecule has 1 aliphatic rings. The molecule has 2 amide bonds. The third kappa shape index (κ3) is 3.90. The van der Waals surface area contributed by atoms with Crippen LogP contribution in [0.15, 0.2) is 18.2 Å². The maximum atomic E-state index is 13.4. The summed E-state index contributed by atoms with van der Waals surface area (Å²) in [4.78, 5) is 24.3. The lowest BCUT2D eigenvalue weighted by molar-refractivity contribution is -0.143. The highest BCUT2D eigenvalue weighted by molar-refractivity contribution is 5.76. The van der Waals surface area contributed by atoms with Gasteiger partial charge in [-0.1, -0.05) is 0 Å². The normalized spacial score (nSPS) is 18.4. The van der Waals surface area contributed by atoms with Gasteiger partial charge in [-0.05, 0) is 31.0 Å². The fraction of sp³-hybridized carbons (Fsp3) is 0.429. The molecule has 1 aromatic rings. The van der Waals surface area contributed by atoms with Gasteiger partial charge in [0, 0.05) is 25.2 Å². The number of nitrogens with one attached hydrogen (secondary N) is 1. The van der Waals surface area contributed by atoms with Crippen LogP contribution in [0.2, 0.25) is 0 Å². The van der Waals surface area contributed by atoms with Crippen LogP contribution in [0.4, 0.5) is 13.6 Å². The molecule has 0 aliphatic carbocycles. The highest BCUT2D eigenvalue weighted by Crippen LogP contribution is 2.17. The van der Waals surface area contributed by atoms with Crippen LogP contribution in [0.3, 0.4) is 0 Å². The second kappa shape index (κ2) is 6.51.